The maximum atomic E-state index is 12.7. The minimum absolute atomic E-state index is 0.240. The van der Waals surface area contributed by atoms with Crippen molar-refractivity contribution in [3.63, 3.8) is 0 Å². The molecule has 2 aromatic carbocycles. The van der Waals surface area contributed by atoms with Gasteiger partial charge < -0.3 is 24.8 Å². The molecule has 184 valence electrons. The Morgan fingerprint density at radius 3 is 2.50 bits per heavy atom. The lowest BCUT2D eigenvalue weighted by molar-refractivity contribution is -0.118. The Kier molecular flexibility index (Phi) is 8.35. The second-order valence-electron chi connectivity index (χ2n) is 7.84. The van der Waals surface area contributed by atoms with Gasteiger partial charge in [0, 0.05) is 24.7 Å². The van der Waals surface area contributed by atoms with Crippen molar-refractivity contribution in [1.29, 1.82) is 0 Å². The summed E-state index contributed by atoms with van der Waals surface area (Å²) in [6, 6.07) is 11.4. The number of para-hydroxylation sites is 2. The maximum Gasteiger partial charge on any atom is 0.262 e. The normalized spacial score (nSPS) is 16.4. The molecule has 34 heavy (non-hydrogen) atoms. The summed E-state index contributed by atoms with van der Waals surface area (Å²) >= 11 is 0. The van der Waals surface area contributed by atoms with Gasteiger partial charge in [-0.15, -0.1) is 0 Å². The first kappa shape index (κ1) is 25.3. The molecule has 1 heterocycles. The molecule has 1 fully saturated rings. The van der Waals surface area contributed by atoms with E-state index in [4.69, 9.17) is 14.2 Å². The first-order valence-corrected chi connectivity index (χ1v) is 12.6. The summed E-state index contributed by atoms with van der Waals surface area (Å²) in [6.45, 7) is 0.420. The molecule has 3 rings (SSSR count). The number of benzene rings is 2. The third-order valence-corrected chi connectivity index (χ3v) is 6.62. The third-order valence-electron chi connectivity index (χ3n) is 5.35. The van der Waals surface area contributed by atoms with Crippen molar-refractivity contribution >= 4 is 27.5 Å². The van der Waals surface area contributed by atoms with Crippen LogP contribution in [0.4, 0.5) is 5.69 Å². The molecule has 0 aromatic heterocycles. The lowest BCUT2D eigenvalue weighted by Gasteiger charge is -2.31. The number of nitrogens with one attached hydrogen (secondary N) is 2. The van der Waals surface area contributed by atoms with Crippen LogP contribution in [-0.4, -0.2) is 70.8 Å². The third kappa shape index (κ3) is 6.61. The Morgan fingerprint density at radius 2 is 1.79 bits per heavy atom. The molecule has 2 aromatic rings. The number of carbonyl (C=O) groups is 2. The number of amides is 2. The molecular formula is C23H29N3O7S. The first-order chi connectivity index (χ1) is 16.2. The number of methoxy groups -OCH3 is 2. The summed E-state index contributed by atoms with van der Waals surface area (Å²) in [6.07, 6.45) is 2.53. The molecule has 0 aliphatic carbocycles. The van der Waals surface area contributed by atoms with Gasteiger partial charge in [0.05, 0.1) is 26.2 Å². The highest BCUT2D eigenvalue weighted by Gasteiger charge is 2.27. The second kappa shape index (κ2) is 11.2. The summed E-state index contributed by atoms with van der Waals surface area (Å²) in [5.74, 6) is 0.385. The molecule has 0 spiro atoms. The minimum atomic E-state index is -3.31. The summed E-state index contributed by atoms with van der Waals surface area (Å²) in [7, 11) is -0.359. The van der Waals surface area contributed by atoms with Crippen molar-refractivity contribution in [3.8, 4) is 17.2 Å². The molecule has 0 radical (unpaired) electrons. The Balaban J connectivity index is 1.60. The Morgan fingerprint density at radius 1 is 1.06 bits per heavy atom. The van der Waals surface area contributed by atoms with Crippen LogP contribution in [0, 0.1) is 0 Å². The van der Waals surface area contributed by atoms with E-state index in [-0.39, 0.29) is 31.0 Å². The predicted octanol–water partition coefficient (Wildman–Crippen LogP) is 1.88. The number of hydrogen-bond acceptors (Lipinski definition) is 7. The highest BCUT2D eigenvalue weighted by atomic mass is 32.2. The van der Waals surface area contributed by atoms with E-state index in [0.717, 1.165) is 6.26 Å². The van der Waals surface area contributed by atoms with E-state index in [9.17, 15) is 18.0 Å². The van der Waals surface area contributed by atoms with Crippen LogP contribution in [0.1, 0.15) is 23.2 Å². The smallest absolute Gasteiger partial charge is 0.262 e. The largest absolute Gasteiger partial charge is 0.495 e. The van der Waals surface area contributed by atoms with Crippen LogP contribution < -0.4 is 24.8 Å². The number of piperidine rings is 1. The van der Waals surface area contributed by atoms with E-state index < -0.39 is 10.0 Å². The number of rotatable bonds is 9. The van der Waals surface area contributed by atoms with Crippen LogP contribution in [0.2, 0.25) is 0 Å². The lowest BCUT2D eigenvalue weighted by atomic mass is 10.1. The zero-order valence-electron chi connectivity index (χ0n) is 19.4. The van der Waals surface area contributed by atoms with E-state index in [1.165, 1.54) is 24.6 Å². The standard InChI is InChI=1S/C23H29N3O7S/c1-31-19-9-5-4-8-18(19)25-22(27)15-33-20-11-10-16(13-21(20)32-2)23(28)24-17-7-6-12-26(14-17)34(3,29)30/h4-5,8-11,13,17H,6-7,12,14-15H2,1-3H3,(H,24,28)(H,25,27). The molecular weight excluding hydrogens is 462 g/mol. The molecule has 10 nitrogen and oxygen atoms in total. The van der Waals surface area contributed by atoms with Crippen molar-refractivity contribution in [2.45, 2.75) is 18.9 Å². The average molecular weight is 492 g/mol. The second-order valence-corrected chi connectivity index (χ2v) is 9.82. The van der Waals surface area contributed by atoms with Crippen molar-refractivity contribution < 1.29 is 32.2 Å². The molecule has 1 aliphatic rings. The fourth-order valence-electron chi connectivity index (χ4n) is 3.64. The first-order valence-electron chi connectivity index (χ1n) is 10.7. The molecule has 11 heteroatoms. The zero-order valence-corrected chi connectivity index (χ0v) is 20.2. The number of anilines is 1. The Labute approximate surface area is 199 Å². The van der Waals surface area contributed by atoms with E-state index in [1.54, 1.807) is 36.4 Å². The fraction of sp³-hybridized carbons (Fsp3) is 0.391. The van der Waals surface area contributed by atoms with Gasteiger partial charge in [-0.05, 0) is 43.2 Å². The molecule has 1 aliphatic heterocycles. The molecule has 0 bridgehead atoms. The SMILES string of the molecule is COc1ccccc1NC(=O)COc1ccc(C(=O)NC2CCCN(S(C)(=O)=O)C2)cc1OC. The van der Waals surface area contributed by atoms with E-state index in [1.807, 2.05) is 0 Å². The van der Waals surface area contributed by atoms with Crippen molar-refractivity contribution in [1.82, 2.24) is 9.62 Å². The van der Waals surface area contributed by atoms with Gasteiger partial charge in [-0.25, -0.2) is 12.7 Å². The summed E-state index contributed by atoms with van der Waals surface area (Å²) in [4.78, 5) is 25.0. The molecule has 1 atom stereocenters. The summed E-state index contributed by atoms with van der Waals surface area (Å²) < 4.78 is 41.1. The molecule has 1 unspecified atom stereocenters. The van der Waals surface area contributed by atoms with Gasteiger partial charge in [-0.3, -0.25) is 9.59 Å². The zero-order chi connectivity index (χ0) is 24.7. The number of sulfonamides is 1. The van der Waals surface area contributed by atoms with E-state index >= 15 is 0 Å². The van der Waals surface area contributed by atoms with Crippen LogP contribution in [0.3, 0.4) is 0 Å². The molecule has 2 N–H and O–H groups in total. The highest BCUT2D eigenvalue weighted by Crippen LogP contribution is 2.29. The topological polar surface area (TPSA) is 123 Å². The van der Waals surface area contributed by atoms with Crippen LogP contribution >= 0.6 is 0 Å². The number of nitrogens with zero attached hydrogens (tertiary/aromatic N) is 1. The monoisotopic (exact) mass is 491 g/mol. The van der Waals surface area contributed by atoms with Gasteiger partial charge in [0.2, 0.25) is 10.0 Å². The van der Waals surface area contributed by atoms with Crippen LogP contribution in [0.25, 0.3) is 0 Å². The van der Waals surface area contributed by atoms with Gasteiger partial charge in [-0.2, -0.15) is 0 Å². The summed E-state index contributed by atoms with van der Waals surface area (Å²) in [5.41, 5.74) is 0.855. The predicted molar refractivity (Wildman–Crippen MR) is 127 cm³/mol. The molecule has 1 saturated heterocycles. The van der Waals surface area contributed by atoms with Crippen LogP contribution in [0.15, 0.2) is 42.5 Å². The van der Waals surface area contributed by atoms with Gasteiger partial charge >= 0.3 is 0 Å². The quantitative estimate of drug-likeness (QED) is 0.549. The Bertz CT molecular complexity index is 1140. The van der Waals surface area contributed by atoms with Crippen molar-refractivity contribution in [2.24, 2.45) is 0 Å². The Hall–Kier alpha value is -3.31. The van der Waals surface area contributed by atoms with Gasteiger partial charge in [0.25, 0.3) is 11.8 Å². The van der Waals surface area contributed by atoms with Crippen LogP contribution in [0.5, 0.6) is 17.2 Å². The average Bonchev–Trinajstić information content (AvgIpc) is 2.82. The lowest BCUT2D eigenvalue weighted by Crippen LogP contribution is -2.49. The highest BCUT2D eigenvalue weighted by molar-refractivity contribution is 7.88. The minimum Gasteiger partial charge on any atom is -0.495 e. The number of carbonyl (C=O) groups excluding carboxylic acids is 2. The van der Waals surface area contributed by atoms with Gasteiger partial charge in [0.1, 0.15) is 5.75 Å². The van der Waals surface area contributed by atoms with Crippen LogP contribution in [-0.2, 0) is 14.8 Å². The summed E-state index contributed by atoms with van der Waals surface area (Å²) in [5, 5.41) is 5.60. The molecule has 2 amide bonds. The van der Waals surface area contributed by atoms with Crippen molar-refractivity contribution in [2.75, 3.05) is 45.5 Å². The maximum absolute atomic E-state index is 12.7. The number of ether oxygens (including phenoxy) is 3. The van der Waals surface area contributed by atoms with Gasteiger partial charge in [-0.1, -0.05) is 12.1 Å². The fourth-order valence-corrected chi connectivity index (χ4v) is 4.55. The van der Waals surface area contributed by atoms with E-state index in [2.05, 4.69) is 10.6 Å². The van der Waals surface area contributed by atoms with Gasteiger partial charge in [0.15, 0.2) is 18.1 Å². The molecule has 0 saturated carbocycles. The van der Waals surface area contributed by atoms with E-state index in [0.29, 0.717) is 47.9 Å². The van der Waals surface area contributed by atoms with Crippen molar-refractivity contribution in [3.05, 3.63) is 48.0 Å². The number of hydrogen-bond donors (Lipinski definition) is 2.